The minimum absolute atomic E-state index is 0. The predicted molar refractivity (Wildman–Crippen MR) is 227 cm³/mol. The van der Waals surface area contributed by atoms with E-state index in [0.717, 1.165) is 0 Å². The van der Waals surface area contributed by atoms with Crippen LogP contribution in [0.5, 0.6) is 0 Å². The van der Waals surface area contributed by atoms with E-state index in [2.05, 4.69) is 69.9 Å². The molecule has 0 atom stereocenters. The zero-order valence-electron chi connectivity index (χ0n) is 40.0. The number of rotatable bonds is 16. The zero-order chi connectivity index (χ0) is 52.7. The molecule has 1 amide bonds. The van der Waals surface area contributed by atoms with Crippen molar-refractivity contribution in [2.75, 3.05) is 86.3 Å². The predicted octanol–water partition coefficient (Wildman–Crippen LogP) is -14.9. The molecule has 370 valence electrons. The van der Waals surface area contributed by atoms with Crippen LogP contribution in [0.3, 0.4) is 0 Å². The van der Waals surface area contributed by atoms with Crippen LogP contribution >= 0.6 is 0 Å². The number of anilines is 4. The Hall–Kier alpha value is -3.24. The number of carbonyl (C=O) groups excluding carboxylic acids is 3. The van der Waals surface area contributed by atoms with Gasteiger partial charge < -0.3 is 64.0 Å². The average molecular weight is 1110 g/mol. The van der Waals surface area contributed by atoms with Gasteiger partial charge in [0.2, 0.25) is 5.69 Å². The zero-order valence-corrected chi connectivity index (χ0v) is 51.3. The first-order chi connectivity index (χ1) is 31.0. The van der Waals surface area contributed by atoms with E-state index in [9.17, 15) is 35.5 Å². The summed E-state index contributed by atoms with van der Waals surface area (Å²) in [6.07, 6.45) is 1.79. The largest absolute Gasteiger partial charge is 1.00 e. The third-order valence-electron chi connectivity index (χ3n) is 6.39. The van der Waals surface area contributed by atoms with Gasteiger partial charge in [-0.3, -0.25) is 9.78 Å². The van der Waals surface area contributed by atoms with Gasteiger partial charge in [0.15, 0.2) is 28.8 Å². The summed E-state index contributed by atoms with van der Waals surface area (Å²) in [6.45, 7) is 18.3. The number of amides is 1. The van der Waals surface area contributed by atoms with E-state index in [1.54, 1.807) is 64.1 Å². The van der Waals surface area contributed by atoms with E-state index in [1.807, 2.05) is 0 Å². The number of hydrogen-bond donors (Lipinski definition) is 5. The summed E-state index contributed by atoms with van der Waals surface area (Å²) in [5.41, 5.74) is 1.66. The SMILES string of the molecule is Cc1cnc(N(C)C)c(C(=O)O)n1.O=C=O.O=S(=O)=O.O=S(=O)=O.[C-]#[N+]c1nc(NCCS(=O)(=O)[O-])c(C#N)nc1NC[CH2-].[CH2-]CNCc1nc(C)c(C(=O)NCCS(=O)(=O)[O-])nc1N(C)C.[Na+].[Na+].[Na+].[Na+]. The van der Waals surface area contributed by atoms with Gasteiger partial charge in [0.1, 0.15) is 6.07 Å². The van der Waals surface area contributed by atoms with Crippen LogP contribution in [0.2, 0.25) is 0 Å². The van der Waals surface area contributed by atoms with Crippen molar-refractivity contribution >= 4 is 88.6 Å². The summed E-state index contributed by atoms with van der Waals surface area (Å²) in [5.74, 6) is -2.07. The Bertz CT molecular complexity index is 2690. The monoisotopic (exact) mass is 1110 g/mol. The molecule has 71 heavy (non-hydrogen) atoms. The topological polar surface area (TPSA) is 465 Å². The van der Waals surface area contributed by atoms with Gasteiger partial charge in [0.25, 0.3) is 11.7 Å². The Morgan fingerprint density at radius 1 is 0.789 bits per heavy atom. The van der Waals surface area contributed by atoms with Crippen molar-refractivity contribution in [2.45, 2.75) is 20.4 Å². The fraction of sp³-hybridized carbons (Fsp3) is 0.406. The molecule has 3 rings (SSSR count). The number of carbonyl (C=O) groups is 2. The number of nitrogens with one attached hydrogen (secondary N) is 4. The standard InChI is InChI=1S/C13H22N5O4S.C10H11N6O3S.C8H11N3O2.CO2.4Na.2O3S/c1-5-14-8-10-12(18(3)4)17-11(9(2)16-10)13(19)15-6-7-23(20,21)22;1-3-13-10-9(12-2)16-8(7(6-11)15-10)14-4-5-20(17,18)19;1-5-4-9-7(11(2)3)6(10-5)8(12)13;2-1-3;;;;;2*1-4(2)3/h14H,1,5-8H2,2-4H3,(H,15,19)(H,20,21,22);1,3-5H2,(H,13,15)(H,14,16)(H,17,18,19);4H,1-3H3,(H,12,13);;;;;;;/q2*-1;;;4*+1;;/p-2. The quantitative estimate of drug-likeness (QED) is 0.0505. The van der Waals surface area contributed by atoms with E-state index in [0.29, 0.717) is 41.8 Å². The van der Waals surface area contributed by atoms with Crippen LogP contribution in [-0.2, 0) is 57.6 Å². The van der Waals surface area contributed by atoms with Gasteiger partial charge in [0, 0.05) is 47.8 Å². The minimum Gasteiger partial charge on any atom is -0.748 e. The van der Waals surface area contributed by atoms with Gasteiger partial charge in [-0.05, 0) is 13.8 Å². The Kier molecular flexibility index (Phi) is 51.0. The molecule has 3 aromatic heterocycles. The van der Waals surface area contributed by atoms with E-state index < -0.39 is 64.8 Å². The second kappa shape index (κ2) is 44.3. The van der Waals surface area contributed by atoms with Crippen molar-refractivity contribution in [3.8, 4) is 6.07 Å². The van der Waals surface area contributed by atoms with Crippen molar-refractivity contribution in [1.29, 1.82) is 5.26 Å². The number of nitriles is 1. The van der Waals surface area contributed by atoms with Crippen LogP contribution in [-0.4, -0.2) is 170 Å². The Balaban J connectivity index is -0.000000155. The molecule has 0 bridgehead atoms. The Labute approximate surface area is 500 Å². The molecule has 5 N–H and O–H groups in total. The number of carboxylic acids is 1. The van der Waals surface area contributed by atoms with Crippen LogP contribution in [0.15, 0.2) is 6.20 Å². The molecule has 3 aromatic rings. The molecule has 0 aliphatic rings. The second-order valence-corrected chi connectivity index (χ2v) is 15.7. The van der Waals surface area contributed by atoms with Crippen molar-refractivity contribution < 1.29 is 194 Å². The number of nitrogens with zero attached hydrogens (tertiary/aromatic N) is 10. The molecule has 0 aromatic carbocycles. The molecule has 0 spiro atoms. The summed E-state index contributed by atoms with van der Waals surface area (Å²) in [5, 5.41) is 28.3. The Morgan fingerprint density at radius 3 is 1.66 bits per heavy atom. The van der Waals surface area contributed by atoms with Crippen LogP contribution in [0, 0.1) is 45.6 Å². The molecule has 0 saturated carbocycles. The fourth-order valence-electron chi connectivity index (χ4n) is 4.01. The molecule has 0 radical (unpaired) electrons. The van der Waals surface area contributed by atoms with Gasteiger partial charge >= 0.3 is 157 Å². The molecule has 0 unspecified atom stereocenters. The van der Waals surface area contributed by atoms with Crippen LogP contribution in [0.25, 0.3) is 4.85 Å². The summed E-state index contributed by atoms with van der Waals surface area (Å²) >= 11 is 0. The number of carboxylic acid groups (broad SMARTS) is 1. The molecule has 0 aliphatic carbocycles. The van der Waals surface area contributed by atoms with Crippen LogP contribution in [0.4, 0.5) is 29.1 Å². The number of aryl methyl sites for hydroxylation is 2. The minimum atomic E-state index is -4.37. The smallest absolute Gasteiger partial charge is 0.748 e. The summed E-state index contributed by atoms with van der Waals surface area (Å²) in [6, 6.07) is 1.77. The van der Waals surface area contributed by atoms with E-state index in [-0.39, 0.29) is 179 Å². The van der Waals surface area contributed by atoms with E-state index >= 15 is 0 Å². The van der Waals surface area contributed by atoms with E-state index in [4.69, 9.17) is 51.8 Å². The van der Waals surface area contributed by atoms with Crippen LogP contribution < -0.4 is 149 Å². The normalized spacial score (nSPS) is 9.18. The Morgan fingerprint density at radius 2 is 1.27 bits per heavy atom. The number of aromatic nitrogens is 6. The molecule has 0 fully saturated rings. The molecule has 39 heteroatoms. The molecular formula is C32H42N14Na4O17S4. The van der Waals surface area contributed by atoms with Crippen molar-refractivity contribution in [3.63, 3.8) is 0 Å². The maximum atomic E-state index is 12.1. The van der Waals surface area contributed by atoms with Crippen LogP contribution in [0.1, 0.15) is 43.8 Å². The molecular weight excluding hydrogens is 1070 g/mol. The first-order valence-corrected chi connectivity index (χ1v) is 22.6. The first-order valence-electron chi connectivity index (χ1n) is 17.4. The summed E-state index contributed by atoms with van der Waals surface area (Å²) < 4.78 is 114. The fourth-order valence-corrected chi connectivity index (χ4v) is 4.71. The van der Waals surface area contributed by atoms with Crippen molar-refractivity contribution in [3.05, 3.63) is 65.6 Å². The van der Waals surface area contributed by atoms with Gasteiger partial charge in [-0.25, -0.2) is 41.6 Å². The second-order valence-electron chi connectivity index (χ2n) is 11.8. The number of hydrogen-bond acceptors (Lipinski definition) is 28. The maximum absolute atomic E-state index is 12.1. The van der Waals surface area contributed by atoms with Crippen molar-refractivity contribution in [1.82, 2.24) is 40.5 Å². The third-order valence-corrected chi connectivity index (χ3v) is 7.80. The third kappa shape index (κ3) is 40.9. The van der Waals surface area contributed by atoms with Gasteiger partial charge in [-0.15, -0.1) is 38.3 Å². The van der Waals surface area contributed by atoms with Crippen molar-refractivity contribution in [2.24, 2.45) is 0 Å². The first kappa shape index (κ1) is 81.8. The molecule has 3 heterocycles. The molecule has 0 saturated heterocycles. The molecule has 31 nitrogen and oxygen atoms in total. The van der Waals surface area contributed by atoms with Gasteiger partial charge in [0.05, 0.1) is 55.0 Å². The maximum Gasteiger partial charge on any atom is 1.00 e. The molecule has 0 aliphatic heterocycles. The number of aromatic carboxylic acids is 1. The summed E-state index contributed by atoms with van der Waals surface area (Å²) in [4.78, 5) is 69.9. The van der Waals surface area contributed by atoms with E-state index in [1.165, 1.54) is 0 Å². The van der Waals surface area contributed by atoms with Gasteiger partial charge in [-0.1, -0.05) is 11.6 Å². The van der Waals surface area contributed by atoms with Gasteiger partial charge in [-0.2, -0.15) is 14.9 Å². The summed E-state index contributed by atoms with van der Waals surface area (Å²) in [7, 11) is -7.96. The average Bonchev–Trinajstić information content (AvgIpc) is 3.19.